The molecule has 29 heavy (non-hydrogen) atoms. The van der Waals surface area contributed by atoms with Crippen LogP contribution in [0, 0.1) is 15.5 Å². The molecular formula is C19H25N3O7. The van der Waals surface area contributed by atoms with Gasteiger partial charge in [0, 0.05) is 11.6 Å². The van der Waals surface area contributed by atoms with Crippen molar-refractivity contribution in [3.63, 3.8) is 0 Å². The lowest BCUT2D eigenvalue weighted by atomic mass is 9.82. The van der Waals surface area contributed by atoms with Crippen molar-refractivity contribution in [1.82, 2.24) is 9.88 Å². The highest BCUT2D eigenvalue weighted by Crippen LogP contribution is 2.26. The standard InChI is InChI=1S/C19H25N3O7/c1-18(2,3)11-19(4,5)20-15(23)10-28-16(24)9-21-13-7-6-12(22(26)27)8-14(13)29-17(21)25/h6-8H,9-11H2,1-5H3,(H,20,23). The first kappa shape index (κ1) is 22.1. The third-order valence-corrected chi connectivity index (χ3v) is 3.96. The highest BCUT2D eigenvalue weighted by atomic mass is 16.6. The van der Waals surface area contributed by atoms with Crippen molar-refractivity contribution in [3.8, 4) is 0 Å². The summed E-state index contributed by atoms with van der Waals surface area (Å²) in [6.07, 6.45) is 0.724. The topological polar surface area (TPSA) is 134 Å². The molecule has 158 valence electrons. The van der Waals surface area contributed by atoms with Gasteiger partial charge in [0.25, 0.3) is 11.6 Å². The van der Waals surface area contributed by atoms with Gasteiger partial charge in [-0.05, 0) is 31.7 Å². The molecule has 0 aliphatic carbocycles. The summed E-state index contributed by atoms with van der Waals surface area (Å²) >= 11 is 0. The number of fused-ring (bicyclic) bond motifs is 1. The van der Waals surface area contributed by atoms with Gasteiger partial charge in [0.05, 0.1) is 16.5 Å². The van der Waals surface area contributed by atoms with Crippen LogP contribution in [0.3, 0.4) is 0 Å². The van der Waals surface area contributed by atoms with Crippen LogP contribution in [-0.2, 0) is 20.9 Å². The van der Waals surface area contributed by atoms with Crippen LogP contribution in [0.5, 0.6) is 0 Å². The summed E-state index contributed by atoms with van der Waals surface area (Å²) in [7, 11) is 0. The van der Waals surface area contributed by atoms with Crippen LogP contribution in [0.25, 0.3) is 11.1 Å². The highest BCUT2D eigenvalue weighted by Gasteiger charge is 2.27. The Morgan fingerprint density at radius 1 is 1.24 bits per heavy atom. The van der Waals surface area contributed by atoms with Crippen molar-refractivity contribution in [2.24, 2.45) is 5.41 Å². The maximum absolute atomic E-state index is 12.1. The normalized spacial score (nSPS) is 12.0. The maximum Gasteiger partial charge on any atom is 0.420 e. The molecule has 0 fully saturated rings. The maximum atomic E-state index is 12.1. The zero-order valence-electron chi connectivity index (χ0n) is 17.1. The number of hydrogen-bond donors (Lipinski definition) is 1. The zero-order chi connectivity index (χ0) is 22.0. The second-order valence-corrected chi connectivity index (χ2v) is 8.69. The number of hydrogen-bond acceptors (Lipinski definition) is 7. The number of carbonyl (C=O) groups is 2. The molecule has 0 saturated heterocycles. The van der Waals surface area contributed by atoms with Crippen molar-refractivity contribution >= 4 is 28.7 Å². The van der Waals surface area contributed by atoms with E-state index in [9.17, 15) is 24.5 Å². The number of nitrogens with one attached hydrogen (secondary N) is 1. The van der Waals surface area contributed by atoms with Crippen LogP contribution in [0.4, 0.5) is 5.69 Å². The van der Waals surface area contributed by atoms with Gasteiger partial charge in [-0.1, -0.05) is 20.8 Å². The van der Waals surface area contributed by atoms with Gasteiger partial charge in [-0.15, -0.1) is 0 Å². The Labute approximate surface area is 167 Å². The Hall–Kier alpha value is -3.17. The summed E-state index contributed by atoms with van der Waals surface area (Å²) in [6.45, 7) is 8.97. The van der Waals surface area contributed by atoms with E-state index in [1.165, 1.54) is 12.1 Å². The first-order valence-electron chi connectivity index (χ1n) is 9.02. The minimum atomic E-state index is -0.854. The number of rotatable bonds is 7. The summed E-state index contributed by atoms with van der Waals surface area (Å²) in [5.41, 5.74) is -0.511. The molecule has 2 aromatic rings. The van der Waals surface area contributed by atoms with Gasteiger partial charge in [-0.2, -0.15) is 0 Å². The number of non-ortho nitro benzene ring substituents is 1. The quantitative estimate of drug-likeness (QED) is 0.423. The van der Waals surface area contributed by atoms with Crippen molar-refractivity contribution in [2.75, 3.05) is 6.61 Å². The summed E-state index contributed by atoms with van der Waals surface area (Å²) in [5, 5.41) is 13.6. The van der Waals surface area contributed by atoms with Gasteiger partial charge in [-0.25, -0.2) is 4.79 Å². The fourth-order valence-corrected chi connectivity index (χ4v) is 3.42. The molecule has 1 N–H and O–H groups in total. The molecular weight excluding hydrogens is 382 g/mol. The Bertz CT molecular complexity index is 995. The van der Waals surface area contributed by atoms with Crippen LogP contribution >= 0.6 is 0 Å². The Morgan fingerprint density at radius 3 is 2.48 bits per heavy atom. The number of nitro groups is 1. The van der Waals surface area contributed by atoms with Crippen LogP contribution in [-0.4, -0.2) is 33.5 Å². The van der Waals surface area contributed by atoms with E-state index in [1.807, 2.05) is 13.8 Å². The van der Waals surface area contributed by atoms with Gasteiger partial charge in [0.2, 0.25) is 0 Å². The fourth-order valence-electron chi connectivity index (χ4n) is 3.42. The largest absolute Gasteiger partial charge is 0.454 e. The van der Waals surface area contributed by atoms with Gasteiger partial charge in [0.1, 0.15) is 6.54 Å². The zero-order valence-corrected chi connectivity index (χ0v) is 17.1. The molecule has 0 saturated carbocycles. The average molecular weight is 407 g/mol. The van der Waals surface area contributed by atoms with Crippen molar-refractivity contribution in [1.29, 1.82) is 0 Å². The lowest BCUT2D eigenvalue weighted by molar-refractivity contribution is -0.384. The molecule has 0 aliphatic heterocycles. The van der Waals surface area contributed by atoms with Crippen molar-refractivity contribution < 1.29 is 23.7 Å². The van der Waals surface area contributed by atoms with E-state index in [0.717, 1.165) is 17.1 Å². The lowest BCUT2D eigenvalue weighted by Crippen LogP contribution is -2.47. The molecule has 0 unspecified atom stereocenters. The molecule has 0 spiro atoms. The number of amides is 1. The SMILES string of the molecule is CC(C)(C)CC(C)(C)NC(=O)COC(=O)Cn1c(=O)oc2cc([N+](=O)[O-])ccc21. The first-order valence-corrected chi connectivity index (χ1v) is 9.02. The molecule has 10 nitrogen and oxygen atoms in total. The predicted octanol–water partition coefficient (Wildman–Crippen LogP) is 2.38. The third-order valence-electron chi connectivity index (χ3n) is 3.96. The molecule has 0 bridgehead atoms. The molecule has 1 heterocycles. The summed E-state index contributed by atoms with van der Waals surface area (Å²) in [4.78, 5) is 46.3. The molecule has 2 rings (SSSR count). The van der Waals surface area contributed by atoms with E-state index in [2.05, 4.69) is 26.1 Å². The number of carbonyl (C=O) groups excluding carboxylic acids is 2. The predicted molar refractivity (Wildman–Crippen MR) is 104 cm³/mol. The van der Waals surface area contributed by atoms with Crippen molar-refractivity contribution in [3.05, 3.63) is 38.9 Å². The average Bonchev–Trinajstić information content (AvgIpc) is 2.85. The molecule has 1 amide bonds. The lowest BCUT2D eigenvalue weighted by Gasteiger charge is -2.33. The first-order chi connectivity index (χ1) is 13.3. The van der Waals surface area contributed by atoms with E-state index in [-0.39, 0.29) is 22.2 Å². The Morgan fingerprint density at radius 2 is 1.90 bits per heavy atom. The smallest absolute Gasteiger partial charge is 0.420 e. The number of esters is 1. The van der Waals surface area contributed by atoms with Gasteiger partial charge < -0.3 is 14.5 Å². The van der Waals surface area contributed by atoms with Crippen LogP contribution in [0.15, 0.2) is 27.4 Å². The van der Waals surface area contributed by atoms with Crippen LogP contribution in [0.1, 0.15) is 41.0 Å². The fraction of sp³-hybridized carbons (Fsp3) is 0.526. The van der Waals surface area contributed by atoms with Crippen LogP contribution < -0.4 is 11.1 Å². The summed E-state index contributed by atoms with van der Waals surface area (Å²) < 4.78 is 10.9. The molecule has 1 aromatic carbocycles. The summed E-state index contributed by atoms with van der Waals surface area (Å²) in [6, 6.07) is 3.61. The number of ether oxygens (including phenoxy) is 1. The molecule has 0 atom stereocenters. The minimum Gasteiger partial charge on any atom is -0.454 e. The second kappa shape index (κ2) is 8.06. The van der Waals surface area contributed by atoms with Crippen LogP contribution in [0.2, 0.25) is 0 Å². The minimum absolute atomic E-state index is 0.00599. The Balaban J connectivity index is 1.99. The monoisotopic (exact) mass is 407 g/mol. The van der Waals surface area contributed by atoms with E-state index in [0.29, 0.717) is 0 Å². The number of nitrogens with zero attached hydrogens (tertiary/aromatic N) is 2. The highest BCUT2D eigenvalue weighted by molar-refractivity contribution is 5.82. The second-order valence-electron chi connectivity index (χ2n) is 8.69. The van der Waals surface area contributed by atoms with Gasteiger partial charge in [0.15, 0.2) is 12.2 Å². The van der Waals surface area contributed by atoms with Gasteiger partial charge >= 0.3 is 11.7 Å². The van der Waals surface area contributed by atoms with E-state index in [4.69, 9.17) is 9.15 Å². The van der Waals surface area contributed by atoms with Gasteiger partial charge in [-0.3, -0.25) is 24.3 Å². The summed E-state index contributed by atoms with van der Waals surface area (Å²) in [5.74, 6) is -2.11. The molecule has 0 radical (unpaired) electrons. The number of aromatic nitrogens is 1. The van der Waals surface area contributed by atoms with Crippen molar-refractivity contribution in [2.45, 2.75) is 53.1 Å². The molecule has 1 aromatic heterocycles. The molecule has 10 heteroatoms. The number of oxazole rings is 1. The molecule has 0 aliphatic rings. The van der Waals surface area contributed by atoms with E-state index in [1.54, 1.807) is 0 Å². The van der Waals surface area contributed by atoms with E-state index >= 15 is 0 Å². The number of benzene rings is 1. The number of nitro benzene ring substituents is 1. The van der Waals surface area contributed by atoms with E-state index < -0.39 is 41.2 Å². The Kier molecular flexibility index (Phi) is 6.15. The third kappa shape index (κ3) is 6.16.